The first-order valence-electron chi connectivity index (χ1n) is 6.32. The molecule has 0 atom stereocenters. The van der Waals surface area contributed by atoms with E-state index >= 15 is 0 Å². The monoisotopic (exact) mass is 305 g/mol. The van der Waals surface area contributed by atoms with Gasteiger partial charge in [-0.05, 0) is 36.4 Å². The zero-order valence-corrected chi connectivity index (χ0v) is 12.3. The summed E-state index contributed by atoms with van der Waals surface area (Å²) in [5.41, 5.74) is 2.45. The number of aromatic amines is 1. The minimum atomic E-state index is -0.356. The van der Waals surface area contributed by atoms with Crippen LogP contribution < -0.4 is 9.47 Å². The van der Waals surface area contributed by atoms with E-state index in [1.807, 2.05) is 24.3 Å². The van der Waals surface area contributed by atoms with Crippen molar-refractivity contribution in [3.8, 4) is 22.8 Å². The Kier molecular flexibility index (Phi) is 3.47. The summed E-state index contributed by atoms with van der Waals surface area (Å²) in [6.45, 7) is 0. The van der Waals surface area contributed by atoms with Crippen LogP contribution in [0.2, 0.25) is 5.02 Å². The fraction of sp³-hybridized carbons (Fsp3) is 0.125. The largest absolute Gasteiger partial charge is 0.493 e. The van der Waals surface area contributed by atoms with Crippen molar-refractivity contribution in [1.82, 2.24) is 4.98 Å². The Morgan fingerprint density at radius 1 is 1.00 bits per heavy atom. The zero-order chi connectivity index (χ0) is 15.0. The molecular formula is C16H13ClFNO2. The molecule has 3 rings (SSSR count). The van der Waals surface area contributed by atoms with E-state index in [0.29, 0.717) is 22.0 Å². The normalized spacial score (nSPS) is 10.9. The number of halogens is 2. The number of hydrogen-bond acceptors (Lipinski definition) is 2. The van der Waals surface area contributed by atoms with Gasteiger partial charge in [0.05, 0.1) is 24.8 Å². The van der Waals surface area contributed by atoms with Crippen LogP contribution in [0.15, 0.2) is 36.4 Å². The Morgan fingerprint density at radius 2 is 1.76 bits per heavy atom. The van der Waals surface area contributed by atoms with Gasteiger partial charge in [0.25, 0.3) is 0 Å². The first-order chi connectivity index (χ1) is 10.1. The molecule has 1 aromatic heterocycles. The third-order valence-electron chi connectivity index (χ3n) is 3.34. The Bertz CT molecular complexity index is 813. The lowest BCUT2D eigenvalue weighted by molar-refractivity contribution is 0.355. The van der Waals surface area contributed by atoms with Gasteiger partial charge in [0.1, 0.15) is 5.82 Å². The Labute approximate surface area is 126 Å². The van der Waals surface area contributed by atoms with E-state index in [4.69, 9.17) is 21.1 Å². The molecule has 0 aliphatic heterocycles. The lowest BCUT2D eigenvalue weighted by Crippen LogP contribution is -1.90. The summed E-state index contributed by atoms with van der Waals surface area (Å²) < 4.78 is 23.9. The first kappa shape index (κ1) is 13.8. The van der Waals surface area contributed by atoms with Crippen LogP contribution in [-0.2, 0) is 0 Å². The number of H-pyrrole nitrogens is 1. The smallest absolute Gasteiger partial charge is 0.161 e. The molecule has 0 amide bonds. The Morgan fingerprint density at radius 3 is 2.48 bits per heavy atom. The van der Waals surface area contributed by atoms with Gasteiger partial charge in [0, 0.05) is 16.6 Å². The summed E-state index contributed by atoms with van der Waals surface area (Å²) in [7, 11) is 3.17. The van der Waals surface area contributed by atoms with Crippen molar-refractivity contribution < 1.29 is 13.9 Å². The van der Waals surface area contributed by atoms with E-state index in [0.717, 1.165) is 16.6 Å². The molecule has 0 radical (unpaired) electrons. The fourth-order valence-electron chi connectivity index (χ4n) is 2.32. The van der Waals surface area contributed by atoms with Crippen LogP contribution in [0.1, 0.15) is 0 Å². The van der Waals surface area contributed by atoms with Crippen molar-refractivity contribution in [2.75, 3.05) is 14.2 Å². The standard InChI is InChI=1S/C16H13ClFNO2/c1-20-14-4-3-9(7-15(14)21-2)13-6-10-5-11(18)8-12(17)16(10)19-13/h3-8,19H,1-2H3. The molecule has 0 saturated heterocycles. The number of benzene rings is 2. The Hall–Kier alpha value is -2.20. The zero-order valence-electron chi connectivity index (χ0n) is 11.5. The van der Waals surface area contributed by atoms with Gasteiger partial charge in [-0.25, -0.2) is 4.39 Å². The molecule has 1 N–H and O–H groups in total. The number of rotatable bonds is 3. The highest BCUT2D eigenvalue weighted by atomic mass is 35.5. The predicted octanol–water partition coefficient (Wildman–Crippen LogP) is 4.64. The first-order valence-corrected chi connectivity index (χ1v) is 6.70. The number of aromatic nitrogens is 1. The van der Waals surface area contributed by atoms with Gasteiger partial charge in [-0.1, -0.05) is 11.6 Å². The van der Waals surface area contributed by atoms with E-state index in [1.165, 1.54) is 12.1 Å². The van der Waals surface area contributed by atoms with Crippen molar-refractivity contribution in [1.29, 1.82) is 0 Å². The average molecular weight is 306 g/mol. The van der Waals surface area contributed by atoms with Crippen molar-refractivity contribution >= 4 is 22.5 Å². The summed E-state index contributed by atoms with van der Waals surface area (Å²) in [5, 5.41) is 1.08. The summed E-state index contributed by atoms with van der Waals surface area (Å²) >= 11 is 6.05. The predicted molar refractivity (Wildman–Crippen MR) is 81.8 cm³/mol. The van der Waals surface area contributed by atoms with Crippen LogP contribution in [0.25, 0.3) is 22.2 Å². The fourth-order valence-corrected chi connectivity index (χ4v) is 2.59. The number of fused-ring (bicyclic) bond motifs is 1. The van der Waals surface area contributed by atoms with Crippen LogP contribution in [0, 0.1) is 5.82 Å². The van der Waals surface area contributed by atoms with E-state index in [1.54, 1.807) is 14.2 Å². The van der Waals surface area contributed by atoms with Crippen molar-refractivity contribution in [2.45, 2.75) is 0 Å². The minimum absolute atomic E-state index is 0.356. The van der Waals surface area contributed by atoms with Crippen molar-refractivity contribution in [3.63, 3.8) is 0 Å². The summed E-state index contributed by atoms with van der Waals surface area (Å²) in [6, 6.07) is 10.2. The van der Waals surface area contributed by atoms with Crippen LogP contribution in [-0.4, -0.2) is 19.2 Å². The van der Waals surface area contributed by atoms with Gasteiger partial charge in [0.15, 0.2) is 11.5 Å². The lowest BCUT2D eigenvalue weighted by atomic mass is 10.1. The molecular weight excluding hydrogens is 293 g/mol. The second-order valence-electron chi connectivity index (χ2n) is 4.60. The summed E-state index contributed by atoms with van der Waals surface area (Å²) in [4.78, 5) is 3.20. The minimum Gasteiger partial charge on any atom is -0.493 e. The van der Waals surface area contributed by atoms with Gasteiger partial charge in [-0.15, -0.1) is 0 Å². The van der Waals surface area contributed by atoms with Gasteiger partial charge in [-0.3, -0.25) is 0 Å². The maximum Gasteiger partial charge on any atom is 0.161 e. The molecule has 0 aliphatic carbocycles. The van der Waals surface area contributed by atoms with Gasteiger partial charge < -0.3 is 14.5 Å². The van der Waals surface area contributed by atoms with Crippen LogP contribution in [0.3, 0.4) is 0 Å². The van der Waals surface area contributed by atoms with E-state index < -0.39 is 0 Å². The molecule has 21 heavy (non-hydrogen) atoms. The average Bonchev–Trinajstić information content (AvgIpc) is 2.90. The molecule has 1 heterocycles. The number of methoxy groups -OCH3 is 2. The Balaban J connectivity index is 2.14. The summed E-state index contributed by atoms with van der Waals surface area (Å²) in [5.74, 6) is 0.928. The molecule has 108 valence electrons. The van der Waals surface area contributed by atoms with Crippen LogP contribution >= 0.6 is 11.6 Å². The quantitative estimate of drug-likeness (QED) is 0.764. The molecule has 2 aromatic carbocycles. The maximum atomic E-state index is 13.4. The highest BCUT2D eigenvalue weighted by Crippen LogP contribution is 2.34. The molecule has 3 aromatic rings. The molecule has 3 nitrogen and oxygen atoms in total. The highest BCUT2D eigenvalue weighted by Gasteiger charge is 2.11. The summed E-state index contributed by atoms with van der Waals surface area (Å²) in [6.07, 6.45) is 0. The van der Waals surface area contributed by atoms with Gasteiger partial charge in [-0.2, -0.15) is 0 Å². The number of hydrogen-bond donors (Lipinski definition) is 1. The second kappa shape index (κ2) is 5.30. The lowest BCUT2D eigenvalue weighted by Gasteiger charge is -2.08. The molecule has 5 heteroatoms. The van der Waals surface area contributed by atoms with Crippen LogP contribution in [0.4, 0.5) is 4.39 Å². The molecule has 0 spiro atoms. The van der Waals surface area contributed by atoms with Crippen LogP contribution in [0.5, 0.6) is 11.5 Å². The van der Waals surface area contributed by atoms with E-state index in [9.17, 15) is 4.39 Å². The molecule has 0 fully saturated rings. The SMILES string of the molecule is COc1ccc(-c2cc3cc(F)cc(Cl)c3[nH]2)cc1OC. The van der Waals surface area contributed by atoms with Crippen molar-refractivity contribution in [2.24, 2.45) is 0 Å². The topological polar surface area (TPSA) is 34.2 Å². The molecule has 0 aliphatic rings. The van der Waals surface area contributed by atoms with Gasteiger partial charge >= 0.3 is 0 Å². The van der Waals surface area contributed by atoms with Crippen molar-refractivity contribution in [3.05, 3.63) is 47.2 Å². The maximum absolute atomic E-state index is 13.4. The number of nitrogens with one attached hydrogen (secondary N) is 1. The number of ether oxygens (including phenoxy) is 2. The van der Waals surface area contributed by atoms with E-state index in [2.05, 4.69) is 4.98 Å². The molecule has 0 saturated carbocycles. The third kappa shape index (κ3) is 2.43. The van der Waals surface area contributed by atoms with E-state index in [-0.39, 0.29) is 5.82 Å². The highest BCUT2D eigenvalue weighted by molar-refractivity contribution is 6.35. The molecule has 0 unspecified atom stereocenters. The molecule has 0 bridgehead atoms. The second-order valence-corrected chi connectivity index (χ2v) is 5.01. The van der Waals surface area contributed by atoms with Gasteiger partial charge in [0.2, 0.25) is 0 Å². The third-order valence-corrected chi connectivity index (χ3v) is 3.64.